The molecule has 1 saturated heterocycles. The second-order valence-electron chi connectivity index (χ2n) is 4.43. The minimum Gasteiger partial charge on any atom is -0.454 e. The Bertz CT molecular complexity index is 587. The predicted molar refractivity (Wildman–Crippen MR) is 68.3 cm³/mol. The summed E-state index contributed by atoms with van der Waals surface area (Å²) < 4.78 is 33.2. The van der Waals surface area contributed by atoms with Crippen molar-refractivity contribution in [3.05, 3.63) is 17.2 Å². The Morgan fingerprint density at radius 3 is 2.67 bits per heavy atom. The number of anilines is 1. The van der Waals surface area contributed by atoms with Crippen LogP contribution >= 0.6 is 11.6 Å². The molecule has 18 heavy (non-hydrogen) atoms. The maximum Gasteiger partial charge on any atom is 0.231 e. The third kappa shape index (κ3) is 2.22. The Morgan fingerprint density at radius 1 is 1.28 bits per heavy atom. The van der Waals surface area contributed by atoms with Gasteiger partial charge in [-0.2, -0.15) is 0 Å². The summed E-state index contributed by atoms with van der Waals surface area (Å²) in [5.41, 5.74) is 0.683. The predicted octanol–water partition coefficient (Wildman–Crippen LogP) is 1.67. The molecule has 1 fully saturated rings. The third-order valence-corrected chi connectivity index (χ3v) is 5.13. The van der Waals surface area contributed by atoms with Crippen molar-refractivity contribution in [3.8, 4) is 11.5 Å². The molecular formula is C11H12ClNO4S. The highest BCUT2D eigenvalue weighted by Crippen LogP contribution is 2.39. The number of fused-ring (bicyclic) bond motifs is 1. The van der Waals surface area contributed by atoms with Gasteiger partial charge in [-0.25, -0.2) is 8.42 Å². The number of halogens is 1. The second kappa shape index (κ2) is 4.20. The Labute approximate surface area is 110 Å². The van der Waals surface area contributed by atoms with Crippen molar-refractivity contribution in [3.63, 3.8) is 0 Å². The van der Waals surface area contributed by atoms with Crippen molar-refractivity contribution in [2.45, 2.75) is 12.5 Å². The van der Waals surface area contributed by atoms with Crippen LogP contribution in [0.25, 0.3) is 0 Å². The van der Waals surface area contributed by atoms with Crippen molar-refractivity contribution in [1.82, 2.24) is 0 Å². The minimum atomic E-state index is -2.90. The molecule has 0 amide bonds. The van der Waals surface area contributed by atoms with Crippen LogP contribution in [0.3, 0.4) is 0 Å². The molecule has 0 spiro atoms. The van der Waals surface area contributed by atoms with Gasteiger partial charge in [0.25, 0.3) is 0 Å². The number of ether oxygens (including phenoxy) is 2. The molecule has 0 radical (unpaired) electrons. The Kier molecular flexibility index (Phi) is 2.79. The van der Waals surface area contributed by atoms with Crippen LogP contribution in [-0.2, 0) is 9.84 Å². The molecule has 0 bridgehead atoms. The van der Waals surface area contributed by atoms with Gasteiger partial charge in [-0.3, -0.25) is 0 Å². The second-order valence-corrected chi connectivity index (χ2v) is 7.07. The van der Waals surface area contributed by atoms with Gasteiger partial charge in [0.1, 0.15) is 0 Å². The summed E-state index contributed by atoms with van der Waals surface area (Å²) in [5.74, 6) is 1.62. The van der Waals surface area contributed by atoms with E-state index >= 15 is 0 Å². The zero-order valence-electron chi connectivity index (χ0n) is 9.48. The summed E-state index contributed by atoms with van der Waals surface area (Å²) in [4.78, 5) is 0. The van der Waals surface area contributed by atoms with Crippen molar-refractivity contribution in [1.29, 1.82) is 0 Å². The molecule has 3 rings (SSSR count). The maximum absolute atomic E-state index is 11.4. The van der Waals surface area contributed by atoms with E-state index in [2.05, 4.69) is 5.32 Å². The van der Waals surface area contributed by atoms with Crippen LogP contribution in [0.4, 0.5) is 5.69 Å². The number of nitrogens with one attached hydrogen (secondary N) is 1. The first kappa shape index (κ1) is 11.9. The number of sulfone groups is 1. The molecule has 2 heterocycles. The number of hydrogen-bond donors (Lipinski definition) is 1. The van der Waals surface area contributed by atoms with Crippen LogP contribution in [0.5, 0.6) is 11.5 Å². The van der Waals surface area contributed by atoms with E-state index in [-0.39, 0.29) is 24.3 Å². The largest absolute Gasteiger partial charge is 0.454 e. The summed E-state index contributed by atoms with van der Waals surface area (Å²) in [6.45, 7) is 0.187. The van der Waals surface area contributed by atoms with Crippen LogP contribution in [0, 0.1) is 0 Å². The standard InChI is InChI=1S/C11H12ClNO4S/c12-8-3-10-11(17-6-16-10)4-9(8)13-7-1-2-18(14,15)5-7/h3-4,7,13H,1-2,5-6H2. The Balaban J connectivity index is 1.81. The topological polar surface area (TPSA) is 64.6 Å². The van der Waals surface area contributed by atoms with Crippen molar-refractivity contribution < 1.29 is 17.9 Å². The molecule has 0 aromatic heterocycles. The molecule has 1 unspecified atom stereocenters. The minimum absolute atomic E-state index is 0.0899. The van der Waals surface area contributed by atoms with Crippen LogP contribution in [0.1, 0.15) is 6.42 Å². The zero-order valence-corrected chi connectivity index (χ0v) is 11.1. The van der Waals surface area contributed by atoms with E-state index in [1.807, 2.05) is 0 Å². The van der Waals surface area contributed by atoms with Gasteiger partial charge in [-0.05, 0) is 6.42 Å². The van der Waals surface area contributed by atoms with Crippen LogP contribution in [0.15, 0.2) is 12.1 Å². The van der Waals surface area contributed by atoms with E-state index in [4.69, 9.17) is 21.1 Å². The van der Waals surface area contributed by atoms with E-state index < -0.39 is 9.84 Å². The summed E-state index contributed by atoms with van der Waals surface area (Å²) in [7, 11) is -2.90. The van der Waals surface area contributed by atoms with Gasteiger partial charge in [-0.1, -0.05) is 11.6 Å². The number of benzene rings is 1. The summed E-state index contributed by atoms with van der Waals surface area (Å²) in [6.07, 6.45) is 0.604. The summed E-state index contributed by atoms with van der Waals surface area (Å²) >= 11 is 6.11. The van der Waals surface area contributed by atoms with Gasteiger partial charge in [0.2, 0.25) is 6.79 Å². The van der Waals surface area contributed by atoms with E-state index in [9.17, 15) is 8.42 Å². The molecular weight excluding hydrogens is 278 g/mol. The van der Waals surface area contributed by atoms with Crippen LogP contribution in [-0.4, -0.2) is 32.8 Å². The van der Waals surface area contributed by atoms with Crippen LogP contribution < -0.4 is 14.8 Å². The van der Waals surface area contributed by atoms with Gasteiger partial charge < -0.3 is 14.8 Å². The lowest BCUT2D eigenvalue weighted by Crippen LogP contribution is -2.20. The number of rotatable bonds is 2. The van der Waals surface area contributed by atoms with Crippen molar-refractivity contribution in [2.75, 3.05) is 23.6 Å². The fourth-order valence-corrected chi connectivity index (χ4v) is 4.04. The van der Waals surface area contributed by atoms with Gasteiger partial charge in [0.05, 0.1) is 22.2 Å². The molecule has 0 saturated carbocycles. The van der Waals surface area contributed by atoms with Crippen LogP contribution in [0.2, 0.25) is 5.02 Å². The number of hydrogen-bond acceptors (Lipinski definition) is 5. The van der Waals surface area contributed by atoms with Gasteiger partial charge in [0.15, 0.2) is 21.3 Å². The molecule has 7 heteroatoms. The highest BCUT2D eigenvalue weighted by Gasteiger charge is 2.28. The molecule has 2 aliphatic rings. The van der Waals surface area contributed by atoms with Gasteiger partial charge >= 0.3 is 0 Å². The Morgan fingerprint density at radius 2 is 2.00 bits per heavy atom. The van der Waals surface area contributed by atoms with E-state index in [0.29, 0.717) is 28.6 Å². The fourth-order valence-electron chi connectivity index (χ4n) is 2.16. The molecule has 1 aromatic rings. The lowest BCUT2D eigenvalue weighted by atomic mass is 10.2. The molecule has 1 N–H and O–H groups in total. The lowest BCUT2D eigenvalue weighted by molar-refractivity contribution is 0.174. The Hall–Kier alpha value is -1.14. The summed E-state index contributed by atoms with van der Waals surface area (Å²) in [6, 6.07) is 3.33. The SMILES string of the molecule is O=S1(=O)CCC(Nc2cc3c(cc2Cl)OCO3)C1. The fraction of sp³-hybridized carbons (Fsp3) is 0.455. The maximum atomic E-state index is 11.4. The molecule has 0 aliphatic carbocycles. The summed E-state index contributed by atoms with van der Waals surface area (Å²) in [5, 5.41) is 3.65. The zero-order chi connectivity index (χ0) is 12.8. The molecule has 5 nitrogen and oxygen atoms in total. The van der Waals surface area contributed by atoms with E-state index in [1.54, 1.807) is 12.1 Å². The quantitative estimate of drug-likeness (QED) is 0.897. The highest BCUT2D eigenvalue weighted by molar-refractivity contribution is 7.91. The third-order valence-electron chi connectivity index (χ3n) is 3.05. The molecule has 1 aromatic carbocycles. The smallest absolute Gasteiger partial charge is 0.231 e. The van der Waals surface area contributed by atoms with Crippen molar-refractivity contribution in [2.24, 2.45) is 0 Å². The monoisotopic (exact) mass is 289 g/mol. The highest BCUT2D eigenvalue weighted by atomic mass is 35.5. The molecule has 2 aliphatic heterocycles. The first-order valence-electron chi connectivity index (χ1n) is 5.60. The molecule has 1 atom stereocenters. The average Bonchev–Trinajstić information content (AvgIpc) is 2.85. The molecule has 98 valence electrons. The first-order chi connectivity index (χ1) is 8.53. The lowest BCUT2D eigenvalue weighted by Gasteiger charge is -2.14. The van der Waals surface area contributed by atoms with Crippen molar-refractivity contribution >= 4 is 27.1 Å². The van der Waals surface area contributed by atoms with E-state index in [1.165, 1.54) is 0 Å². The van der Waals surface area contributed by atoms with E-state index in [0.717, 1.165) is 0 Å². The normalized spacial score (nSPS) is 24.2. The van der Waals surface area contributed by atoms with Gasteiger partial charge in [0, 0.05) is 18.2 Å². The average molecular weight is 290 g/mol. The van der Waals surface area contributed by atoms with Gasteiger partial charge in [-0.15, -0.1) is 0 Å². The first-order valence-corrected chi connectivity index (χ1v) is 7.79.